The Kier molecular flexibility index (Phi) is 5.26. The van der Waals surface area contributed by atoms with Gasteiger partial charge in [0.1, 0.15) is 0 Å². The summed E-state index contributed by atoms with van der Waals surface area (Å²) in [4.78, 5) is 5.01. The molecule has 0 amide bonds. The molecule has 0 saturated carbocycles. The highest BCUT2D eigenvalue weighted by Crippen LogP contribution is 2.17. The minimum Gasteiger partial charge on any atom is -0.314 e. The zero-order valence-corrected chi connectivity index (χ0v) is 11.6. The molecule has 0 aromatic rings. The molecule has 3 heteroatoms. The van der Waals surface area contributed by atoms with Crippen molar-refractivity contribution < 1.29 is 0 Å². The first-order valence-electron chi connectivity index (χ1n) is 7.34. The number of piperidine rings is 1. The summed E-state index contributed by atoms with van der Waals surface area (Å²) in [5.74, 6) is 0.938. The van der Waals surface area contributed by atoms with Crippen LogP contribution in [0.3, 0.4) is 0 Å². The third-order valence-corrected chi connectivity index (χ3v) is 4.43. The first kappa shape index (κ1) is 13.3. The molecule has 0 radical (unpaired) electrons. The van der Waals surface area contributed by atoms with Gasteiger partial charge < -0.3 is 15.1 Å². The number of hydrogen-bond acceptors (Lipinski definition) is 3. The maximum atomic E-state index is 3.59. The molecule has 0 bridgehead atoms. The van der Waals surface area contributed by atoms with Crippen molar-refractivity contribution in [3.63, 3.8) is 0 Å². The van der Waals surface area contributed by atoms with Crippen molar-refractivity contribution in [1.82, 2.24) is 15.1 Å². The summed E-state index contributed by atoms with van der Waals surface area (Å²) < 4.78 is 0. The van der Waals surface area contributed by atoms with Crippen molar-refractivity contribution >= 4 is 0 Å². The van der Waals surface area contributed by atoms with Crippen LogP contribution in [0.15, 0.2) is 0 Å². The van der Waals surface area contributed by atoms with Gasteiger partial charge in [0, 0.05) is 12.6 Å². The van der Waals surface area contributed by atoms with Crippen LogP contribution >= 0.6 is 0 Å². The van der Waals surface area contributed by atoms with E-state index in [1.807, 2.05) is 0 Å². The van der Waals surface area contributed by atoms with Gasteiger partial charge in [-0.05, 0) is 78.3 Å². The predicted molar refractivity (Wildman–Crippen MR) is 73.4 cm³/mol. The molecule has 3 nitrogen and oxygen atoms in total. The zero-order chi connectivity index (χ0) is 12.1. The van der Waals surface area contributed by atoms with Crippen LogP contribution in [0.5, 0.6) is 0 Å². The smallest absolute Gasteiger partial charge is 0.00797 e. The van der Waals surface area contributed by atoms with Gasteiger partial charge in [0.25, 0.3) is 0 Å². The van der Waals surface area contributed by atoms with Crippen molar-refractivity contribution in [2.45, 2.75) is 38.1 Å². The van der Waals surface area contributed by atoms with E-state index in [0.717, 1.165) is 12.0 Å². The van der Waals surface area contributed by atoms with Gasteiger partial charge >= 0.3 is 0 Å². The fourth-order valence-electron chi connectivity index (χ4n) is 3.16. The van der Waals surface area contributed by atoms with E-state index < -0.39 is 0 Å². The van der Waals surface area contributed by atoms with Gasteiger partial charge in [-0.15, -0.1) is 0 Å². The lowest BCUT2D eigenvalue weighted by molar-refractivity contribution is 0.173. The summed E-state index contributed by atoms with van der Waals surface area (Å²) in [6.45, 7) is 6.40. The normalized spacial score (nSPS) is 28.1. The molecule has 1 N–H and O–H groups in total. The van der Waals surface area contributed by atoms with Gasteiger partial charge in [-0.2, -0.15) is 0 Å². The largest absolute Gasteiger partial charge is 0.314 e. The Morgan fingerprint density at radius 1 is 1.24 bits per heavy atom. The minimum absolute atomic E-state index is 0.801. The van der Waals surface area contributed by atoms with Crippen LogP contribution in [0.25, 0.3) is 0 Å². The van der Waals surface area contributed by atoms with Crippen LogP contribution in [-0.4, -0.2) is 62.7 Å². The molecule has 0 aliphatic carbocycles. The number of hydrogen-bond donors (Lipinski definition) is 1. The molecular formula is C14H29N3. The third kappa shape index (κ3) is 4.57. The van der Waals surface area contributed by atoms with E-state index in [-0.39, 0.29) is 0 Å². The van der Waals surface area contributed by atoms with Crippen LogP contribution in [0, 0.1) is 5.92 Å². The first-order chi connectivity index (χ1) is 8.24. The fraction of sp³-hybridized carbons (Fsp3) is 1.00. The van der Waals surface area contributed by atoms with Gasteiger partial charge in [0.05, 0.1) is 0 Å². The molecule has 2 rings (SSSR count). The molecule has 2 saturated heterocycles. The Morgan fingerprint density at radius 3 is 2.65 bits per heavy atom. The average molecular weight is 239 g/mol. The van der Waals surface area contributed by atoms with Gasteiger partial charge in [0.15, 0.2) is 0 Å². The first-order valence-corrected chi connectivity index (χ1v) is 7.34. The fourth-order valence-corrected chi connectivity index (χ4v) is 3.16. The van der Waals surface area contributed by atoms with Crippen molar-refractivity contribution in [1.29, 1.82) is 0 Å². The maximum Gasteiger partial charge on any atom is 0.00797 e. The second kappa shape index (κ2) is 6.72. The lowest BCUT2D eigenvalue weighted by Crippen LogP contribution is -2.37. The standard InChI is InChI=1S/C14H29N3/c1-16-9-5-13(6-10-16)12-17(2)11-7-14-4-3-8-15-14/h13-15H,3-12H2,1-2H3. The highest BCUT2D eigenvalue weighted by Gasteiger charge is 2.19. The van der Waals surface area contributed by atoms with E-state index in [0.29, 0.717) is 0 Å². The predicted octanol–water partition coefficient (Wildman–Crippen LogP) is 1.40. The Morgan fingerprint density at radius 2 is 2.00 bits per heavy atom. The molecule has 2 aliphatic rings. The molecule has 100 valence electrons. The SMILES string of the molecule is CN1CCC(CN(C)CCC2CCCN2)CC1. The highest BCUT2D eigenvalue weighted by atomic mass is 15.1. The lowest BCUT2D eigenvalue weighted by Gasteiger charge is -2.32. The summed E-state index contributed by atoms with van der Waals surface area (Å²) in [5, 5.41) is 3.59. The molecule has 0 aromatic carbocycles. The van der Waals surface area contributed by atoms with E-state index in [2.05, 4.69) is 29.2 Å². The minimum atomic E-state index is 0.801. The molecule has 2 aliphatic heterocycles. The Hall–Kier alpha value is -0.120. The second-order valence-corrected chi connectivity index (χ2v) is 6.09. The zero-order valence-electron chi connectivity index (χ0n) is 11.6. The van der Waals surface area contributed by atoms with Crippen molar-refractivity contribution in [2.24, 2.45) is 5.92 Å². The molecule has 2 fully saturated rings. The Labute approximate surface area is 107 Å². The number of nitrogens with zero attached hydrogens (tertiary/aromatic N) is 2. The summed E-state index contributed by atoms with van der Waals surface area (Å²) in [5.41, 5.74) is 0. The van der Waals surface area contributed by atoms with Crippen LogP contribution in [0.1, 0.15) is 32.1 Å². The summed E-state index contributed by atoms with van der Waals surface area (Å²) >= 11 is 0. The number of nitrogens with one attached hydrogen (secondary N) is 1. The van der Waals surface area contributed by atoms with E-state index in [4.69, 9.17) is 0 Å². The Balaban J connectivity index is 1.58. The van der Waals surface area contributed by atoms with Crippen LogP contribution in [-0.2, 0) is 0 Å². The highest BCUT2D eigenvalue weighted by molar-refractivity contribution is 4.76. The second-order valence-electron chi connectivity index (χ2n) is 6.09. The monoisotopic (exact) mass is 239 g/mol. The summed E-state index contributed by atoms with van der Waals surface area (Å²) in [6, 6.07) is 0.801. The lowest BCUT2D eigenvalue weighted by atomic mass is 9.96. The molecule has 1 atom stereocenters. The summed E-state index contributed by atoms with van der Waals surface area (Å²) in [7, 11) is 4.54. The molecular weight excluding hydrogens is 210 g/mol. The van der Waals surface area contributed by atoms with E-state index in [1.165, 1.54) is 64.8 Å². The van der Waals surface area contributed by atoms with Crippen LogP contribution < -0.4 is 5.32 Å². The van der Waals surface area contributed by atoms with Gasteiger partial charge in [-0.25, -0.2) is 0 Å². The molecule has 0 aromatic heterocycles. The molecule has 0 spiro atoms. The van der Waals surface area contributed by atoms with Crippen molar-refractivity contribution in [3.05, 3.63) is 0 Å². The number of rotatable bonds is 5. The Bertz CT molecular complexity index is 206. The number of likely N-dealkylation sites (tertiary alicyclic amines) is 1. The van der Waals surface area contributed by atoms with Gasteiger partial charge in [-0.3, -0.25) is 0 Å². The summed E-state index contributed by atoms with van der Waals surface area (Å²) in [6.07, 6.45) is 6.89. The third-order valence-electron chi connectivity index (χ3n) is 4.43. The molecule has 2 heterocycles. The van der Waals surface area contributed by atoms with E-state index in [9.17, 15) is 0 Å². The topological polar surface area (TPSA) is 18.5 Å². The maximum absolute atomic E-state index is 3.59. The van der Waals surface area contributed by atoms with Crippen LogP contribution in [0.4, 0.5) is 0 Å². The van der Waals surface area contributed by atoms with E-state index in [1.54, 1.807) is 0 Å². The van der Waals surface area contributed by atoms with Crippen molar-refractivity contribution in [3.8, 4) is 0 Å². The van der Waals surface area contributed by atoms with Gasteiger partial charge in [0.2, 0.25) is 0 Å². The van der Waals surface area contributed by atoms with Crippen LogP contribution in [0.2, 0.25) is 0 Å². The van der Waals surface area contributed by atoms with Crippen molar-refractivity contribution in [2.75, 3.05) is 46.8 Å². The average Bonchev–Trinajstić information content (AvgIpc) is 2.83. The van der Waals surface area contributed by atoms with E-state index >= 15 is 0 Å². The quantitative estimate of drug-likeness (QED) is 0.782. The molecule has 1 unspecified atom stereocenters. The van der Waals surface area contributed by atoms with Gasteiger partial charge in [-0.1, -0.05) is 0 Å². The molecule has 17 heavy (non-hydrogen) atoms.